The van der Waals surface area contributed by atoms with E-state index in [0.29, 0.717) is 25.8 Å². The van der Waals surface area contributed by atoms with Crippen LogP contribution in [-0.2, 0) is 11.3 Å². The lowest BCUT2D eigenvalue weighted by Gasteiger charge is -2.22. The maximum atomic E-state index is 12.7. The Hall–Kier alpha value is -1.62. The summed E-state index contributed by atoms with van der Waals surface area (Å²) in [6.07, 6.45) is 7.71. The van der Waals surface area contributed by atoms with E-state index in [4.69, 9.17) is 4.74 Å². The van der Waals surface area contributed by atoms with Crippen molar-refractivity contribution in [1.82, 2.24) is 10.6 Å². The molecule has 128 valence electrons. The van der Waals surface area contributed by atoms with Crippen LogP contribution in [-0.4, -0.2) is 25.2 Å². The molecule has 0 atom stereocenters. The Morgan fingerprint density at radius 3 is 2.61 bits per heavy atom. The van der Waals surface area contributed by atoms with Crippen molar-refractivity contribution in [1.29, 1.82) is 0 Å². The summed E-state index contributed by atoms with van der Waals surface area (Å²) >= 11 is 0. The lowest BCUT2D eigenvalue weighted by molar-refractivity contribution is 0.117. The van der Waals surface area contributed by atoms with Gasteiger partial charge in [0.25, 0.3) is 0 Å². The number of urea groups is 1. The van der Waals surface area contributed by atoms with Crippen LogP contribution in [0.15, 0.2) is 24.3 Å². The molecule has 0 radical (unpaired) electrons. The quantitative estimate of drug-likeness (QED) is 0.716. The fourth-order valence-corrected chi connectivity index (χ4v) is 2.79. The molecule has 4 nitrogen and oxygen atoms in total. The van der Waals surface area contributed by atoms with Gasteiger partial charge in [0.2, 0.25) is 0 Å². The molecule has 0 bridgehead atoms. The molecule has 0 heterocycles. The second kappa shape index (κ2) is 10.2. The summed E-state index contributed by atoms with van der Waals surface area (Å²) in [7, 11) is 0. The van der Waals surface area contributed by atoms with E-state index < -0.39 is 0 Å². The van der Waals surface area contributed by atoms with E-state index in [2.05, 4.69) is 10.6 Å². The summed E-state index contributed by atoms with van der Waals surface area (Å²) in [6, 6.07) is 6.63. The van der Waals surface area contributed by atoms with Crippen molar-refractivity contribution >= 4 is 6.03 Å². The van der Waals surface area contributed by atoms with Crippen LogP contribution in [0.5, 0.6) is 0 Å². The summed E-state index contributed by atoms with van der Waals surface area (Å²) in [6.45, 7) is 1.80. The van der Waals surface area contributed by atoms with Gasteiger partial charge < -0.3 is 15.4 Å². The third-order valence-electron chi connectivity index (χ3n) is 4.12. The molecule has 0 aromatic heterocycles. The summed E-state index contributed by atoms with van der Waals surface area (Å²) in [5.41, 5.74) is 0.969. The van der Waals surface area contributed by atoms with E-state index in [1.54, 1.807) is 12.1 Å². The maximum absolute atomic E-state index is 12.7. The van der Waals surface area contributed by atoms with E-state index in [9.17, 15) is 9.18 Å². The molecule has 2 N–H and O–H groups in total. The second-order valence-corrected chi connectivity index (χ2v) is 6.12. The van der Waals surface area contributed by atoms with Gasteiger partial charge in [-0.05, 0) is 43.4 Å². The van der Waals surface area contributed by atoms with Gasteiger partial charge in [-0.25, -0.2) is 9.18 Å². The molecule has 1 aliphatic rings. The van der Waals surface area contributed by atoms with Gasteiger partial charge >= 0.3 is 6.03 Å². The van der Waals surface area contributed by atoms with E-state index in [1.165, 1.54) is 31.4 Å². The normalized spacial score (nSPS) is 15.3. The Morgan fingerprint density at radius 2 is 1.87 bits per heavy atom. The molecular formula is C18H27FN2O2. The molecule has 1 aromatic carbocycles. The zero-order chi connectivity index (χ0) is 16.3. The van der Waals surface area contributed by atoms with Crippen LogP contribution < -0.4 is 10.6 Å². The Balaban J connectivity index is 1.44. The predicted octanol–water partition coefficient (Wildman–Crippen LogP) is 3.75. The summed E-state index contributed by atoms with van der Waals surface area (Å²) in [4.78, 5) is 11.7. The Morgan fingerprint density at radius 1 is 1.13 bits per heavy atom. The third-order valence-corrected chi connectivity index (χ3v) is 4.12. The minimum Gasteiger partial charge on any atom is -0.377 e. The number of hydrogen-bond donors (Lipinski definition) is 2. The second-order valence-electron chi connectivity index (χ2n) is 6.12. The molecule has 0 unspecified atom stereocenters. The van der Waals surface area contributed by atoms with Gasteiger partial charge in [-0.1, -0.05) is 31.4 Å². The summed E-state index contributed by atoms with van der Waals surface area (Å²) < 4.78 is 18.3. The Labute approximate surface area is 137 Å². The molecule has 5 heteroatoms. The van der Waals surface area contributed by atoms with Gasteiger partial charge in [0.1, 0.15) is 5.82 Å². The molecule has 23 heavy (non-hydrogen) atoms. The number of unbranched alkanes of at least 4 members (excludes halogenated alkanes) is 1. The van der Waals surface area contributed by atoms with Gasteiger partial charge in [0, 0.05) is 19.2 Å². The smallest absolute Gasteiger partial charge is 0.315 e. The molecule has 0 spiro atoms. The van der Waals surface area contributed by atoms with Crippen LogP contribution >= 0.6 is 0 Å². The highest BCUT2D eigenvalue weighted by Gasteiger charge is 2.14. The fraction of sp³-hybridized carbons (Fsp3) is 0.611. The van der Waals surface area contributed by atoms with Crippen LogP contribution in [0.4, 0.5) is 9.18 Å². The molecule has 1 fully saturated rings. The average molecular weight is 322 g/mol. The highest BCUT2D eigenvalue weighted by Crippen LogP contribution is 2.17. The van der Waals surface area contributed by atoms with Crippen molar-refractivity contribution in [3.05, 3.63) is 35.6 Å². The van der Waals surface area contributed by atoms with Crippen molar-refractivity contribution in [2.24, 2.45) is 0 Å². The van der Waals surface area contributed by atoms with Gasteiger partial charge in [-0.15, -0.1) is 0 Å². The minimum absolute atomic E-state index is 0.0517. The average Bonchev–Trinajstić information content (AvgIpc) is 2.56. The number of hydrogen-bond acceptors (Lipinski definition) is 2. The number of benzene rings is 1. The zero-order valence-electron chi connectivity index (χ0n) is 13.7. The number of halogens is 1. The molecule has 1 aromatic rings. The number of carbonyl (C=O) groups is 1. The zero-order valence-corrected chi connectivity index (χ0v) is 13.7. The highest BCUT2D eigenvalue weighted by atomic mass is 19.1. The van der Waals surface area contributed by atoms with Crippen LogP contribution in [0.25, 0.3) is 0 Å². The van der Waals surface area contributed by atoms with Crippen molar-refractivity contribution in [3.8, 4) is 0 Å². The number of amides is 2. The summed E-state index contributed by atoms with van der Waals surface area (Å²) in [5.74, 6) is -0.230. The van der Waals surface area contributed by atoms with Gasteiger partial charge in [0.05, 0.1) is 6.61 Å². The molecule has 0 aliphatic heterocycles. The maximum Gasteiger partial charge on any atom is 0.315 e. The van der Waals surface area contributed by atoms with Crippen molar-refractivity contribution in [2.45, 2.75) is 57.6 Å². The number of carbonyl (C=O) groups excluding carboxylic acids is 1. The lowest BCUT2D eigenvalue weighted by atomic mass is 9.96. The first-order chi connectivity index (χ1) is 11.2. The van der Waals surface area contributed by atoms with Crippen molar-refractivity contribution < 1.29 is 13.9 Å². The topological polar surface area (TPSA) is 50.4 Å². The molecule has 1 aliphatic carbocycles. The minimum atomic E-state index is -0.230. The van der Waals surface area contributed by atoms with Crippen molar-refractivity contribution in [2.75, 3.05) is 13.2 Å². The molecule has 2 rings (SSSR count). The molecule has 0 saturated heterocycles. The number of ether oxygens (including phenoxy) is 1. The number of nitrogens with one attached hydrogen (secondary N) is 2. The van der Waals surface area contributed by atoms with Gasteiger partial charge in [-0.3, -0.25) is 0 Å². The SMILES string of the molecule is O=C(NCCCCOCc1ccc(F)cc1)NC1CCCCC1. The fourth-order valence-electron chi connectivity index (χ4n) is 2.79. The largest absolute Gasteiger partial charge is 0.377 e. The summed E-state index contributed by atoms with van der Waals surface area (Å²) in [5, 5.41) is 5.93. The van der Waals surface area contributed by atoms with E-state index in [0.717, 1.165) is 31.2 Å². The van der Waals surface area contributed by atoms with Crippen LogP contribution in [0.2, 0.25) is 0 Å². The standard InChI is InChI=1S/C18H27FN2O2/c19-16-10-8-15(9-11-16)14-23-13-5-4-12-20-18(22)21-17-6-2-1-3-7-17/h8-11,17H,1-7,12-14H2,(H2,20,21,22). The van der Waals surface area contributed by atoms with Crippen LogP contribution in [0.3, 0.4) is 0 Å². The van der Waals surface area contributed by atoms with Crippen molar-refractivity contribution in [3.63, 3.8) is 0 Å². The first-order valence-electron chi connectivity index (χ1n) is 8.60. The molecule has 1 saturated carbocycles. The van der Waals surface area contributed by atoms with Crippen LogP contribution in [0.1, 0.15) is 50.5 Å². The highest BCUT2D eigenvalue weighted by molar-refractivity contribution is 5.74. The van der Waals surface area contributed by atoms with E-state index >= 15 is 0 Å². The first-order valence-corrected chi connectivity index (χ1v) is 8.60. The Kier molecular flexibility index (Phi) is 7.87. The third kappa shape index (κ3) is 7.46. The number of rotatable bonds is 8. The van der Waals surface area contributed by atoms with Crippen LogP contribution in [0, 0.1) is 5.82 Å². The molecule has 2 amide bonds. The van der Waals surface area contributed by atoms with E-state index in [1.807, 2.05) is 0 Å². The van der Waals surface area contributed by atoms with Gasteiger partial charge in [0.15, 0.2) is 0 Å². The van der Waals surface area contributed by atoms with Gasteiger partial charge in [-0.2, -0.15) is 0 Å². The molecular weight excluding hydrogens is 295 g/mol. The first kappa shape index (κ1) is 17.7. The lowest BCUT2D eigenvalue weighted by Crippen LogP contribution is -2.43. The van der Waals surface area contributed by atoms with E-state index in [-0.39, 0.29) is 11.8 Å². The monoisotopic (exact) mass is 322 g/mol. The predicted molar refractivity (Wildman–Crippen MR) is 88.7 cm³/mol. The Bertz CT molecular complexity index is 459.